The number of rotatable bonds is 6. The first-order valence-corrected chi connectivity index (χ1v) is 12.6. The summed E-state index contributed by atoms with van der Waals surface area (Å²) in [6.45, 7) is 9.17. The number of fused-ring (bicyclic) bond motifs is 1. The second-order valence-corrected chi connectivity index (χ2v) is 9.48. The number of nitrogens with zero attached hydrogens (tertiary/aromatic N) is 6. The molecule has 33 heavy (non-hydrogen) atoms. The number of pyridine rings is 1. The molecular weight excluding hydrogens is 414 g/mol. The Balaban J connectivity index is 1.60. The summed E-state index contributed by atoms with van der Waals surface area (Å²) in [5, 5.41) is 14.1. The van der Waals surface area contributed by atoms with Crippen molar-refractivity contribution in [3.63, 3.8) is 0 Å². The lowest BCUT2D eigenvalue weighted by Gasteiger charge is -2.38. The van der Waals surface area contributed by atoms with Crippen LogP contribution >= 0.6 is 0 Å². The number of piperazine rings is 1. The van der Waals surface area contributed by atoms with Crippen LogP contribution < -0.4 is 5.56 Å². The zero-order valence-electron chi connectivity index (χ0n) is 19.8. The molecule has 1 N–H and O–H groups in total. The maximum Gasteiger partial charge on any atom is 0.253 e. The van der Waals surface area contributed by atoms with Crippen LogP contribution in [0.15, 0.2) is 29.1 Å². The van der Waals surface area contributed by atoms with Gasteiger partial charge in [0.2, 0.25) is 0 Å². The number of nitrogens with one attached hydrogen (secondary N) is 1. The monoisotopic (exact) mass is 449 g/mol. The summed E-state index contributed by atoms with van der Waals surface area (Å²) in [6, 6.07) is 8.42. The summed E-state index contributed by atoms with van der Waals surface area (Å²) in [7, 11) is 0. The van der Waals surface area contributed by atoms with Crippen molar-refractivity contribution in [3.05, 3.63) is 51.6 Å². The van der Waals surface area contributed by atoms with Crippen molar-refractivity contribution in [3.8, 4) is 0 Å². The third kappa shape index (κ3) is 4.46. The van der Waals surface area contributed by atoms with Gasteiger partial charge in [-0.2, -0.15) is 0 Å². The number of aromatic nitrogens is 5. The predicted molar refractivity (Wildman–Crippen MR) is 129 cm³/mol. The number of hydrogen-bond acceptors (Lipinski definition) is 6. The molecule has 3 aromatic rings. The van der Waals surface area contributed by atoms with Gasteiger partial charge in [0, 0.05) is 37.3 Å². The molecule has 0 radical (unpaired) electrons. The van der Waals surface area contributed by atoms with E-state index in [4.69, 9.17) is 0 Å². The van der Waals surface area contributed by atoms with E-state index in [1.165, 1.54) is 24.8 Å². The SMILES string of the molecule is CCc1ccc2[nH]c(=O)c([C@H](c3nnnn3C3CCCCC3)N3CCN(CC)CC3)cc2c1. The molecule has 8 heteroatoms. The lowest BCUT2D eigenvalue weighted by Crippen LogP contribution is -2.49. The third-order valence-corrected chi connectivity index (χ3v) is 7.54. The second kappa shape index (κ2) is 9.73. The Bertz CT molecular complexity index is 1140. The number of aromatic amines is 1. The highest BCUT2D eigenvalue weighted by Gasteiger charge is 2.34. The molecule has 2 fully saturated rings. The van der Waals surface area contributed by atoms with E-state index in [1.807, 2.05) is 10.7 Å². The molecule has 0 spiro atoms. The van der Waals surface area contributed by atoms with Gasteiger partial charge in [-0.25, -0.2) is 4.68 Å². The molecule has 1 atom stereocenters. The Labute approximate surface area is 195 Å². The van der Waals surface area contributed by atoms with E-state index in [9.17, 15) is 4.79 Å². The van der Waals surface area contributed by atoms with Gasteiger partial charge < -0.3 is 9.88 Å². The smallest absolute Gasteiger partial charge is 0.253 e. The molecular formula is C25H35N7O. The minimum atomic E-state index is -0.251. The Morgan fingerprint density at radius 3 is 2.58 bits per heavy atom. The van der Waals surface area contributed by atoms with E-state index in [0.29, 0.717) is 6.04 Å². The molecule has 0 bridgehead atoms. The van der Waals surface area contributed by atoms with Crippen molar-refractivity contribution < 1.29 is 0 Å². The van der Waals surface area contributed by atoms with Crippen molar-refractivity contribution in [2.24, 2.45) is 0 Å². The molecule has 0 unspecified atom stereocenters. The number of benzene rings is 1. The molecule has 1 aliphatic heterocycles. The van der Waals surface area contributed by atoms with Gasteiger partial charge in [0.1, 0.15) is 6.04 Å². The Hall–Kier alpha value is -2.58. The molecule has 3 heterocycles. The van der Waals surface area contributed by atoms with Crippen LogP contribution in [0.3, 0.4) is 0 Å². The van der Waals surface area contributed by atoms with Crippen molar-refractivity contribution in [1.29, 1.82) is 0 Å². The highest BCUT2D eigenvalue weighted by Crippen LogP contribution is 2.33. The molecule has 1 aromatic carbocycles. The molecule has 1 saturated carbocycles. The first-order chi connectivity index (χ1) is 16.2. The summed E-state index contributed by atoms with van der Waals surface area (Å²) in [5.74, 6) is 0.809. The van der Waals surface area contributed by atoms with Gasteiger partial charge in [-0.15, -0.1) is 5.10 Å². The number of H-pyrrole nitrogens is 1. The maximum atomic E-state index is 13.4. The molecule has 2 aromatic heterocycles. The summed E-state index contributed by atoms with van der Waals surface area (Å²) in [4.78, 5) is 21.4. The lowest BCUT2D eigenvalue weighted by atomic mass is 9.95. The van der Waals surface area contributed by atoms with Crippen molar-refractivity contribution >= 4 is 10.9 Å². The van der Waals surface area contributed by atoms with E-state index in [0.717, 1.165) is 74.3 Å². The van der Waals surface area contributed by atoms with Crippen LogP contribution in [-0.4, -0.2) is 67.7 Å². The summed E-state index contributed by atoms with van der Waals surface area (Å²) in [5.41, 5.74) is 2.84. The van der Waals surface area contributed by atoms with Gasteiger partial charge in [0.15, 0.2) is 5.82 Å². The van der Waals surface area contributed by atoms with Gasteiger partial charge in [0.05, 0.1) is 6.04 Å². The molecule has 176 valence electrons. The zero-order chi connectivity index (χ0) is 22.8. The maximum absolute atomic E-state index is 13.4. The molecule has 1 saturated heterocycles. The van der Waals surface area contributed by atoms with Gasteiger partial charge in [-0.05, 0) is 65.4 Å². The van der Waals surface area contributed by atoms with Crippen molar-refractivity contribution in [1.82, 2.24) is 35.0 Å². The van der Waals surface area contributed by atoms with Crippen LogP contribution in [-0.2, 0) is 6.42 Å². The highest BCUT2D eigenvalue weighted by molar-refractivity contribution is 5.80. The predicted octanol–water partition coefficient (Wildman–Crippen LogP) is 3.31. The summed E-state index contributed by atoms with van der Waals surface area (Å²) < 4.78 is 2.03. The number of likely N-dealkylation sites (N-methyl/N-ethyl adjacent to an activating group) is 1. The second-order valence-electron chi connectivity index (χ2n) is 9.48. The molecule has 2 aliphatic rings. The third-order valence-electron chi connectivity index (χ3n) is 7.54. The molecule has 8 nitrogen and oxygen atoms in total. The van der Waals surface area contributed by atoms with Gasteiger partial charge in [-0.1, -0.05) is 39.2 Å². The number of hydrogen-bond donors (Lipinski definition) is 1. The Morgan fingerprint density at radius 1 is 1.06 bits per heavy atom. The van der Waals surface area contributed by atoms with Crippen LogP contribution in [0.1, 0.15) is 75.0 Å². The van der Waals surface area contributed by atoms with Gasteiger partial charge in [-0.3, -0.25) is 9.69 Å². The van der Waals surface area contributed by atoms with Crippen LogP contribution in [0.4, 0.5) is 0 Å². The van der Waals surface area contributed by atoms with E-state index < -0.39 is 0 Å². The average molecular weight is 450 g/mol. The van der Waals surface area contributed by atoms with E-state index >= 15 is 0 Å². The average Bonchev–Trinajstić information content (AvgIpc) is 3.34. The normalized spacial score (nSPS) is 19.8. The largest absolute Gasteiger partial charge is 0.322 e. The van der Waals surface area contributed by atoms with E-state index in [-0.39, 0.29) is 11.6 Å². The first kappa shape index (κ1) is 22.2. The minimum absolute atomic E-state index is 0.0483. The fraction of sp³-hybridized carbons (Fsp3) is 0.600. The number of aryl methyl sites for hydroxylation is 1. The van der Waals surface area contributed by atoms with E-state index in [2.05, 4.69) is 62.4 Å². The van der Waals surface area contributed by atoms with Gasteiger partial charge in [0.25, 0.3) is 5.56 Å². The van der Waals surface area contributed by atoms with Gasteiger partial charge >= 0.3 is 0 Å². The first-order valence-electron chi connectivity index (χ1n) is 12.6. The highest BCUT2D eigenvalue weighted by atomic mass is 16.1. The van der Waals surface area contributed by atoms with Crippen LogP contribution in [0.2, 0.25) is 0 Å². The summed E-state index contributed by atoms with van der Waals surface area (Å²) in [6.07, 6.45) is 6.86. The van der Waals surface area contributed by atoms with Crippen LogP contribution in [0.5, 0.6) is 0 Å². The van der Waals surface area contributed by atoms with Crippen LogP contribution in [0, 0.1) is 0 Å². The Kier molecular flexibility index (Phi) is 6.55. The quantitative estimate of drug-likeness (QED) is 0.622. The number of tetrazole rings is 1. The Morgan fingerprint density at radius 2 is 1.85 bits per heavy atom. The van der Waals surface area contributed by atoms with Crippen molar-refractivity contribution in [2.75, 3.05) is 32.7 Å². The fourth-order valence-electron chi connectivity index (χ4n) is 5.50. The van der Waals surface area contributed by atoms with Crippen LogP contribution in [0.25, 0.3) is 10.9 Å². The standard InChI is InChI=1S/C25H35N7O/c1-3-18-10-11-22-19(16-18)17-21(25(33)26-22)23(31-14-12-30(4-2)13-15-31)24-27-28-29-32(24)20-8-6-5-7-9-20/h10-11,16-17,20,23H,3-9,12-15H2,1-2H3,(H,26,33)/t23-/m1/s1. The molecule has 1 aliphatic carbocycles. The molecule has 5 rings (SSSR count). The lowest BCUT2D eigenvalue weighted by molar-refractivity contribution is 0.106. The zero-order valence-corrected chi connectivity index (χ0v) is 19.8. The topological polar surface area (TPSA) is 82.9 Å². The molecule has 0 amide bonds. The fourth-order valence-corrected chi connectivity index (χ4v) is 5.50. The summed E-state index contributed by atoms with van der Waals surface area (Å²) >= 11 is 0. The minimum Gasteiger partial charge on any atom is -0.322 e. The van der Waals surface area contributed by atoms with E-state index in [1.54, 1.807) is 0 Å². The van der Waals surface area contributed by atoms with Crippen molar-refractivity contribution in [2.45, 2.75) is 64.5 Å².